The quantitative estimate of drug-likeness (QED) is 0.641. The van der Waals surface area contributed by atoms with Gasteiger partial charge in [0.05, 0.1) is 5.02 Å². The molecule has 0 aliphatic carbocycles. The highest BCUT2D eigenvalue weighted by Crippen LogP contribution is 2.24. The average molecular weight is 224 g/mol. The van der Waals surface area contributed by atoms with E-state index in [-0.39, 0.29) is 0 Å². The molecule has 0 spiro atoms. The predicted octanol–water partition coefficient (Wildman–Crippen LogP) is 3.39. The van der Waals surface area contributed by atoms with E-state index in [4.69, 9.17) is 11.6 Å². The first-order valence-corrected chi connectivity index (χ1v) is 3.96. The van der Waals surface area contributed by atoms with Gasteiger partial charge in [-0.2, -0.15) is 0 Å². The van der Waals surface area contributed by atoms with Crippen LogP contribution in [-0.4, -0.2) is 0 Å². The van der Waals surface area contributed by atoms with Crippen LogP contribution >= 0.6 is 40.2 Å². The summed E-state index contributed by atoms with van der Waals surface area (Å²) >= 11 is 13.1. The highest BCUT2D eigenvalue weighted by Gasteiger charge is 1.93. The van der Waals surface area contributed by atoms with Crippen LogP contribution in [0.5, 0.6) is 0 Å². The fraction of sp³-hybridized carbons (Fsp3) is 0. The van der Waals surface area contributed by atoms with Gasteiger partial charge in [0, 0.05) is 9.37 Å². The van der Waals surface area contributed by atoms with E-state index in [9.17, 15) is 0 Å². The van der Waals surface area contributed by atoms with Crippen LogP contribution in [0.2, 0.25) is 5.02 Å². The molecule has 1 aromatic rings. The zero-order valence-corrected chi connectivity index (χ0v) is 7.67. The van der Waals surface area contributed by atoms with Crippen LogP contribution in [-0.2, 0) is 0 Å². The number of rotatable bonds is 0. The van der Waals surface area contributed by atoms with Gasteiger partial charge >= 0.3 is 0 Å². The minimum Gasteiger partial charge on any atom is -0.143 e. The van der Waals surface area contributed by atoms with Crippen LogP contribution < -0.4 is 0 Å². The highest BCUT2D eigenvalue weighted by atomic mass is 79.9. The second-order valence-electron chi connectivity index (χ2n) is 1.60. The van der Waals surface area contributed by atoms with Crippen molar-refractivity contribution in [1.29, 1.82) is 0 Å². The van der Waals surface area contributed by atoms with Gasteiger partial charge in [-0.05, 0) is 34.1 Å². The Morgan fingerprint density at radius 2 is 2.11 bits per heavy atom. The zero-order valence-electron chi connectivity index (χ0n) is 4.44. The maximum atomic E-state index is 5.72. The average Bonchev–Trinajstić information content (AvgIpc) is 1.80. The first kappa shape index (κ1) is 7.45. The van der Waals surface area contributed by atoms with E-state index in [0.717, 1.165) is 9.37 Å². The standard InChI is InChI=1S/C6H4BrClS/c7-5-2-1-4(9)3-6(5)8/h1-3,9H. The van der Waals surface area contributed by atoms with E-state index < -0.39 is 0 Å². The summed E-state index contributed by atoms with van der Waals surface area (Å²) in [4.78, 5) is 0.878. The molecule has 3 heteroatoms. The smallest absolute Gasteiger partial charge is 0.0559 e. The maximum absolute atomic E-state index is 5.72. The number of thiol groups is 1. The van der Waals surface area contributed by atoms with E-state index in [1.54, 1.807) is 6.07 Å². The van der Waals surface area contributed by atoms with Gasteiger partial charge in [-0.15, -0.1) is 12.6 Å². The van der Waals surface area contributed by atoms with Crippen molar-refractivity contribution >= 4 is 40.2 Å². The summed E-state index contributed by atoms with van der Waals surface area (Å²) in [6, 6.07) is 5.53. The van der Waals surface area contributed by atoms with Crippen LogP contribution in [0.3, 0.4) is 0 Å². The molecule has 0 fully saturated rings. The summed E-state index contributed by atoms with van der Waals surface area (Å²) in [6.45, 7) is 0. The Bertz CT molecular complexity index is 224. The molecule has 0 aliphatic rings. The van der Waals surface area contributed by atoms with Crippen molar-refractivity contribution in [2.75, 3.05) is 0 Å². The van der Waals surface area contributed by atoms with Gasteiger partial charge in [0.2, 0.25) is 0 Å². The van der Waals surface area contributed by atoms with Gasteiger partial charge < -0.3 is 0 Å². The van der Waals surface area contributed by atoms with Crippen molar-refractivity contribution in [3.8, 4) is 0 Å². The first-order valence-electron chi connectivity index (χ1n) is 2.34. The minimum atomic E-state index is 0.697. The summed E-state index contributed by atoms with van der Waals surface area (Å²) in [5.74, 6) is 0. The Kier molecular flexibility index (Phi) is 2.44. The lowest BCUT2D eigenvalue weighted by Crippen LogP contribution is -1.67. The largest absolute Gasteiger partial charge is 0.143 e. The third-order valence-electron chi connectivity index (χ3n) is 0.903. The van der Waals surface area contributed by atoms with Crippen LogP contribution in [0, 0.1) is 0 Å². The Morgan fingerprint density at radius 1 is 1.44 bits per heavy atom. The van der Waals surface area contributed by atoms with Crippen LogP contribution in [0.1, 0.15) is 0 Å². The Balaban J connectivity index is 3.17. The second kappa shape index (κ2) is 2.95. The lowest BCUT2D eigenvalue weighted by molar-refractivity contribution is 1.45. The molecule has 0 N–H and O–H groups in total. The fourth-order valence-electron chi connectivity index (χ4n) is 0.485. The molecule has 9 heavy (non-hydrogen) atoms. The van der Waals surface area contributed by atoms with Crippen molar-refractivity contribution in [3.05, 3.63) is 27.7 Å². The Labute approximate surface area is 72.8 Å². The Morgan fingerprint density at radius 3 is 2.56 bits per heavy atom. The normalized spacial score (nSPS) is 9.67. The molecule has 1 rings (SSSR count). The number of hydrogen-bond acceptors (Lipinski definition) is 1. The molecule has 0 nitrogen and oxygen atoms in total. The van der Waals surface area contributed by atoms with Crippen LogP contribution in [0.15, 0.2) is 27.6 Å². The molecule has 0 heterocycles. The number of benzene rings is 1. The van der Waals surface area contributed by atoms with Crippen molar-refractivity contribution in [2.24, 2.45) is 0 Å². The Hall–Kier alpha value is 0.340. The van der Waals surface area contributed by atoms with Crippen LogP contribution in [0.25, 0.3) is 0 Å². The van der Waals surface area contributed by atoms with Gasteiger partial charge in [0.15, 0.2) is 0 Å². The zero-order chi connectivity index (χ0) is 6.85. The molecule has 0 aliphatic heterocycles. The summed E-state index contributed by atoms with van der Waals surface area (Å²) in [6.07, 6.45) is 0. The van der Waals surface area contributed by atoms with Crippen molar-refractivity contribution in [3.63, 3.8) is 0 Å². The van der Waals surface area contributed by atoms with Crippen molar-refractivity contribution < 1.29 is 0 Å². The molecule has 1 aromatic carbocycles. The monoisotopic (exact) mass is 222 g/mol. The third-order valence-corrected chi connectivity index (χ3v) is 2.41. The molecule has 48 valence electrons. The van der Waals surface area contributed by atoms with Crippen molar-refractivity contribution in [2.45, 2.75) is 4.90 Å². The minimum absolute atomic E-state index is 0.697. The molecule has 0 bridgehead atoms. The lowest BCUT2D eigenvalue weighted by Gasteiger charge is -1.94. The summed E-state index contributed by atoms with van der Waals surface area (Å²) in [7, 11) is 0. The molecule has 0 saturated heterocycles. The maximum Gasteiger partial charge on any atom is 0.0559 e. The molecule has 0 unspecified atom stereocenters. The molecular weight excluding hydrogens is 219 g/mol. The molecule has 0 saturated carbocycles. The number of halogens is 2. The predicted molar refractivity (Wildman–Crippen MR) is 46.4 cm³/mol. The lowest BCUT2D eigenvalue weighted by atomic mass is 10.4. The summed E-state index contributed by atoms with van der Waals surface area (Å²) in [5, 5.41) is 0.697. The van der Waals surface area contributed by atoms with Crippen molar-refractivity contribution in [1.82, 2.24) is 0 Å². The van der Waals surface area contributed by atoms with Gasteiger partial charge in [-0.1, -0.05) is 11.6 Å². The van der Waals surface area contributed by atoms with E-state index in [1.165, 1.54) is 0 Å². The summed E-state index contributed by atoms with van der Waals surface area (Å²) in [5.41, 5.74) is 0. The number of hydrogen-bond donors (Lipinski definition) is 1. The van der Waals surface area contributed by atoms with E-state index >= 15 is 0 Å². The van der Waals surface area contributed by atoms with Gasteiger partial charge in [-0.3, -0.25) is 0 Å². The SMILES string of the molecule is Sc1ccc(Br)c(Cl)c1. The molecule has 0 aromatic heterocycles. The van der Waals surface area contributed by atoms with Gasteiger partial charge in [-0.25, -0.2) is 0 Å². The van der Waals surface area contributed by atoms with Gasteiger partial charge in [0.25, 0.3) is 0 Å². The first-order chi connectivity index (χ1) is 4.20. The molecule has 0 amide bonds. The topological polar surface area (TPSA) is 0 Å². The fourth-order valence-corrected chi connectivity index (χ4v) is 1.19. The van der Waals surface area contributed by atoms with E-state index in [0.29, 0.717) is 5.02 Å². The summed E-state index contributed by atoms with van der Waals surface area (Å²) < 4.78 is 0.905. The third kappa shape index (κ3) is 1.88. The molecule has 0 radical (unpaired) electrons. The highest BCUT2D eigenvalue weighted by molar-refractivity contribution is 9.10. The van der Waals surface area contributed by atoms with Crippen LogP contribution in [0.4, 0.5) is 0 Å². The van der Waals surface area contributed by atoms with E-state index in [2.05, 4.69) is 28.6 Å². The molecule has 0 atom stereocenters. The van der Waals surface area contributed by atoms with Gasteiger partial charge in [0.1, 0.15) is 0 Å². The second-order valence-corrected chi connectivity index (χ2v) is 3.38. The molecular formula is C6H4BrClS. The van der Waals surface area contributed by atoms with E-state index in [1.807, 2.05) is 12.1 Å².